The predicted octanol–water partition coefficient (Wildman–Crippen LogP) is 3.45. The van der Waals surface area contributed by atoms with Crippen molar-refractivity contribution < 1.29 is 13.2 Å². The minimum atomic E-state index is -3.27. The summed E-state index contributed by atoms with van der Waals surface area (Å²) in [5.41, 5.74) is 2.04. The number of nitrogens with one attached hydrogen (secondary N) is 1. The smallest absolute Gasteiger partial charge is 0.235 e. The van der Waals surface area contributed by atoms with Crippen LogP contribution >= 0.6 is 11.6 Å². The third-order valence-corrected chi connectivity index (χ3v) is 6.29. The van der Waals surface area contributed by atoms with Crippen molar-refractivity contribution in [3.05, 3.63) is 59.1 Å². The lowest BCUT2D eigenvalue weighted by atomic mass is 10.1. The van der Waals surface area contributed by atoms with E-state index in [0.717, 1.165) is 5.56 Å². The van der Waals surface area contributed by atoms with E-state index in [-0.39, 0.29) is 11.7 Å². The SMILES string of the molecule is O=C(CCc1ccccc1)Nc1cc(N2CCCS2(=O)=O)ccc1Cl. The number of hydrogen-bond donors (Lipinski definition) is 1. The topological polar surface area (TPSA) is 66.5 Å². The second-order valence-corrected chi connectivity index (χ2v) is 8.36. The summed E-state index contributed by atoms with van der Waals surface area (Å²) in [7, 11) is -3.27. The van der Waals surface area contributed by atoms with Crippen LogP contribution in [0, 0.1) is 0 Å². The van der Waals surface area contributed by atoms with Gasteiger partial charge in [0, 0.05) is 13.0 Å². The monoisotopic (exact) mass is 378 g/mol. The van der Waals surface area contributed by atoms with Gasteiger partial charge in [0.2, 0.25) is 15.9 Å². The van der Waals surface area contributed by atoms with Crippen molar-refractivity contribution in [3.63, 3.8) is 0 Å². The van der Waals surface area contributed by atoms with Gasteiger partial charge in [0.25, 0.3) is 0 Å². The lowest BCUT2D eigenvalue weighted by molar-refractivity contribution is -0.116. The van der Waals surface area contributed by atoms with Crippen LogP contribution in [-0.4, -0.2) is 26.6 Å². The quantitative estimate of drug-likeness (QED) is 0.866. The molecule has 0 radical (unpaired) electrons. The number of sulfonamides is 1. The Labute approximate surface area is 152 Å². The molecule has 0 bridgehead atoms. The molecule has 0 unspecified atom stereocenters. The first-order chi connectivity index (χ1) is 12.0. The molecule has 2 aromatic carbocycles. The van der Waals surface area contributed by atoms with Crippen LogP contribution in [-0.2, 0) is 21.2 Å². The van der Waals surface area contributed by atoms with Gasteiger partial charge in [-0.05, 0) is 36.6 Å². The highest BCUT2D eigenvalue weighted by atomic mass is 35.5. The molecule has 1 amide bonds. The summed E-state index contributed by atoms with van der Waals surface area (Å²) >= 11 is 6.15. The third-order valence-electron chi connectivity index (χ3n) is 4.09. The van der Waals surface area contributed by atoms with E-state index in [9.17, 15) is 13.2 Å². The molecule has 1 fully saturated rings. The molecule has 0 aliphatic carbocycles. The number of hydrogen-bond acceptors (Lipinski definition) is 3. The second-order valence-electron chi connectivity index (χ2n) is 5.94. The van der Waals surface area contributed by atoms with Crippen LogP contribution in [0.25, 0.3) is 0 Å². The fourth-order valence-electron chi connectivity index (χ4n) is 2.81. The van der Waals surface area contributed by atoms with Crippen LogP contribution < -0.4 is 9.62 Å². The summed E-state index contributed by atoms with van der Waals surface area (Å²) in [6.45, 7) is 0.450. The molecule has 0 spiro atoms. The Hall–Kier alpha value is -2.05. The van der Waals surface area contributed by atoms with Crippen molar-refractivity contribution in [3.8, 4) is 0 Å². The molecule has 1 heterocycles. The van der Waals surface area contributed by atoms with Crippen LogP contribution in [0.3, 0.4) is 0 Å². The highest BCUT2D eigenvalue weighted by Crippen LogP contribution is 2.31. The minimum absolute atomic E-state index is 0.147. The first-order valence-corrected chi connectivity index (χ1v) is 10.1. The average Bonchev–Trinajstić information content (AvgIpc) is 2.95. The van der Waals surface area contributed by atoms with E-state index in [1.807, 2.05) is 30.3 Å². The van der Waals surface area contributed by atoms with Gasteiger partial charge in [-0.25, -0.2) is 8.42 Å². The predicted molar refractivity (Wildman–Crippen MR) is 101 cm³/mol. The van der Waals surface area contributed by atoms with E-state index < -0.39 is 10.0 Å². The lowest BCUT2D eigenvalue weighted by Crippen LogP contribution is -2.25. The van der Waals surface area contributed by atoms with E-state index >= 15 is 0 Å². The van der Waals surface area contributed by atoms with Crippen molar-refractivity contribution in [2.24, 2.45) is 0 Å². The maximum atomic E-state index is 12.2. The van der Waals surface area contributed by atoms with Gasteiger partial charge in [0.1, 0.15) is 0 Å². The summed E-state index contributed by atoms with van der Waals surface area (Å²) in [4.78, 5) is 12.2. The molecule has 1 aliphatic rings. The molecule has 2 aromatic rings. The Balaban J connectivity index is 1.69. The van der Waals surface area contributed by atoms with Gasteiger partial charge in [0.15, 0.2) is 0 Å². The summed E-state index contributed by atoms with van der Waals surface area (Å²) in [6.07, 6.45) is 1.56. The molecule has 132 valence electrons. The Bertz CT molecular complexity index is 869. The fraction of sp³-hybridized carbons (Fsp3) is 0.278. The van der Waals surface area contributed by atoms with Crippen LogP contribution in [0.15, 0.2) is 48.5 Å². The number of aryl methyl sites for hydroxylation is 1. The van der Waals surface area contributed by atoms with Gasteiger partial charge in [-0.3, -0.25) is 9.10 Å². The van der Waals surface area contributed by atoms with E-state index in [2.05, 4.69) is 5.32 Å². The van der Waals surface area contributed by atoms with Crippen LogP contribution in [0.4, 0.5) is 11.4 Å². The van der Waals surface area contributed by atoms with Gasteiger partial charge in [-0.1, -0.05) is 41.9 Å². The average molecular weight is 379 g/mol. The Morgan fingerprint density at radius 1 is 1.16 bits per heavy atom. The maximum Gasteiger partial charge on any atom is 0.235 e. The van der Waals surface area contributed by atoms with Crippen molar-refractivity contribution in [2.45, 2.75) is 19.3 Å². The van der Waals surface area contributed by atoms with E-state index in [1.54, 1.807) is 18.2 Å². The van der Waals surface area contributed by atoms with Crippen molar-refractivity contribution in [1.29, 1.82) is 0 Å². The molecule has 1 saturated heterocycles. The van der Waals surface area contributed by atoms with Gasteiger partial charge in [0.05, 0.1) is 22.2 Å². The maximum absolute atomic E-state index is 12.2. The number of rotatable bonds is 5. The van der Waals surface area contributed by atoms with Gasteiger partial charge in [-0.2, -0.15) is 0 Å². The van der Waals surface area contributed by atoms with E-state index in [4.69, 9.17) is 11.6 Å². The fourth-order valence-corrected chi connectivity index (χ4v) is 4.53. The summed E-state index contributed by atoms with van der Waals surface area (Å²) < 4.78 is 25.5. The number of anilines is 2. The molecule has 5 nitrogen and oxygen atoms in total. The standard InChI is InChI=1S/C18H19ClN2O3S/c19-16-9-8-15(21-11-4-12-25(21,23)24)13-17(16)20-18(22)10-7-14-5-2-1-3-6-14/h1-3,5-6,8-9,13H,4,7,10-12H2,(H,20,22). The van der Waals surface area contributed by atoms with Crippen molar-refractivity contribution >= 4 is 38.9 Å². The van der Waals surface area contributed by atoms with E-state index in [0.29, 0.717) is 42.2 Å². The van der Waals surface area contributed by atoms with E-state index in [1.165, 1.54) is 4.31 Å². The number of carbonyl (C=O) groups is 1. The summed E-state index contributed by atoms with van der Waals surface area (Å²) in [5, 5.41) is 3.16. The Morgan fingerprint density at radius 2 is 1.92 bits per heavy atom. The normalized spacial score (nSPS) is 16.0. The first kappa shape index (κ1) is 17.8. The zero-order valence-electron chi connectivity index (χ0n) is 13.6. The second kappa shape index (κ2) is 7.45. The molecule has 3 rings (SSSR count). The molecule has 25 heavy (non-hydrogen) atoms. The number of nitrogens with zero attached hydrogens (tertiary/aromatic N) is 1. The number of benzene rings is 2. The Morgan fingerprint density at radius 3 is 2.60 bits per heavy atom. The van der Waals surface area contributed by atoms with Gasteiger partial charge >= 0.3 is 0 Å². The largest absolute Gasteiger partial charge is 0.325 e. The van der Waals surface area contributed by atoms with Crippen LogP contribution in [0.1, 0.15) is 18.4 Å². The van der Waals surface area contributed by atoms with Crippen LogP contribution in [0.5, 0.6) is 0 Å². The minimum Gasteiger partial charge on any atom is -0.325 e. The molecule has 1 N–H and O–H groups in total. The van der Waals surface area contributed by atoms with Crippen LogP contribution in [0.2, 0.25) is 5.02 Å². The molecular formula is C18H19ClN2O3S. The van der Waals surface area contributed by atoms with Crippen molar-refractivity contribution in [1.82, 2.24) is 0 Å². The first-order valence-electron chi connectivity index (χ1n) is 8.09. The molecule has 0 aromatic heterocycles. The Kier molecular flexibility index (Phi) is 5.30. The number of carbonyl (C=O) groups excluding carboxylic acids is 1. The molecule has 7 heteroatoms. The molecule has 0 saturated carbocycles. The molecular weight excluding hydrogens is 360 g/mol. The lowest BCUT2D eigenvalue weighted by Gasteiger charge is -2.18. The molecule has 1 aliphatic heterocycles. The van der Waals surface area contributed by atoms with Gasteiger partial charge < -0.3 is 5.32 Å². The highest BCUT2D eigenvalue weighted by Gasteiger charge is 2.28. The zero-order valence-corrected chi connectivity index (χ0v) is 15.2. The number of halogens is 1. The zero-order chi connectivity index (χ0) is 17.9. The third kappa shape index (κ3) is 4.32. The number of amides is 1. The summed E-state index contributed by atoms with van der Waals surface area (Å²) in [6, 6.07) is 14.6. The highest BCUT2D eigenvalue weighted by molar-refractivity contribution is 7.93. The summed E-state index contributed by atoms with van der Waals surface area (Å²) in [5.74, 6) is -0.0128. The van der Waals surface area contributed by atoms with Crippen molar-refractivity contribution in [2.75, 3.05) is 21.9 Å². The molecule has 0 atom stereocenters. The van der Waals surface area contributed by atoms with Gasteiger partial charge in [-0.15, -0.1) is 0 Å².